The van der Waals surface area contributed by atoms with Crippen LogP contribution >= 0.6 is 11.6 Å². The molecule has 9 heteroatoms. The first-order valence-electron chi connectivity index (χ1n) is 12.2. The Bertz CT molecular complexity index is 1240. The lowest BCUT2D eigenvalue weighted by molar-refractivity contribution is -0.117. The molecule has 2 N–H and O–H groups in total. The second-order valence-electron chi connectivity index (χ2n) is 9.18. The molecule has 0 aliphatic carbocycles. The molecule has 2 aliphatic rings. The molecule has 1 aromatic heterocycles. The minimum absolute atomic E-state index is 0.104. The number of hydrogen-bond donors (Lipinski definition) is 1. The van der Waals surface area contributed by atoms with Crippen molar-refractivity contribution in [2.75, 3.05) is 44.0 Å². The number of nitrogens with zero attached hydrogens (tertiary/aromatic N) is 4. The molecule has 1 fully saturated rings. The van der Waals surface area contributed by atoms with Crippen molar-refractivity contribution in [2.45, 2.75) is 32.4 Å². The summed E-state index contributed by atoms with van der Waals surface area (Å²) < 4.78 is 10.6. The van der Waals surface area contributed by atoms with Crippen LogP contribution in [-0.2, 0) is 29.0 Å². The Kier molecular flexibility index (Phi) is 7.36. The van der Waals surface area contributed by atoms with Crippen molar-refractivity contribution in [3.8, 4) is 17.1 Å². The number of carbonyl (C=O) groups is 1. The van der Waals surface area contributed by atoms with Crippen LogP contribution in [0, 0.1) is 0 Å². The third-order valence-electron chi connectivity index (χ3n) is 6.67. The summed E-state index contributed by atoms with van der Waals surface area (Å²) in [5.41, 5.74) is 11.0. The second-order valence-corrected chi connectivity index (χ2v) is 9.59. The second kappa shape index (κ2) is 10.8. The van der Waals surface area contributed by atoms with Crippen molar-refractivity contribution in [1.82, 2.24) is 14.9 Å². The Morgan fingerprint density at radius 1 is 1.00 bits per heavy atom. The van der Waals surface area contributed by atoms with Gasteiger partial charge in [0.2, 0.25) is 5.91 Å². The Hall–Kier alpha value is -3.20. The van der Waals surface area contributed by atoms with E-state index in [0.717, 1.165) is 23.2 Å². The predicted molar refractivity (Wildman–Crippen MR) is 140 cm³/mol. The molecule has 0 spiro atoms. The summed E-state index contributed by atoms with van der Waals surface area (Å²) in [5, 5.41) is 0.587. The van der Waals surface area contributed by atoms with Crippen molar-refractivity contribution in [1.29, 1.82) is 0 Å². The summed E-state index contributed by atoms with van der Waals surface area (Å²) in [7, 11) is 1.59. The molecule has 36 heavy (non-hydrogen) atoms. The van der Waals surface area contributed by atoms with E-state index in [1.807, 2.05) is 18.2 Å². The highest BCUT2D eigenvalue weighted by Crippen LogP contribution is 2.35. The fourth-order valence-electron chi connectivity index (χ4n) is 4.72. The first-order valence-corrected chi connectivity index (χ1v) is 12.6. The number of benzene rings is 2. The van der Waals surface area contributed by atoms with E-state index < -0.39 is 0 Å². The number of anilines is 2. The van der Waals surface area contributed by atoms with E-state index in [1.165, 1.54) is 31.5 Å². The third kappa shape index (κ3) is 5.31. The number of methoxy groups -OCH3 is 1. The zero-order chi connectivity index (χ0) is 25.1. The maximum absolute atomic E-state index is 12.9. The number of rotatable bonds is 9. The van der Waals surface area contributed by atoms with Gasteiger partial charge in [0.15, 0.2) is 0 Å². The standard InChI is InChI=1S/C27H30ClN5O3/c1-35-12-13-36-27-30-25(29)22-15-24(34)33(26(22)31-27)17-21-14-20(8-9-23(21)28)19-6-4-18(5-7-19)16-32-10-2-3-11-32/h4-9,14H,2-3,10-13,15-17H2,1H3,(H2,29,30,31). The maximum Gasteiger partial charge on any atom is 0.320 e. The molecule has 3 heterocycles. The highest BCUT2D eigenvalue weighted by Gasteiger charge is 2.32. The first-order chi connectivity index (χ1) is 17.5. The van der Waals surface area contributed by atoms with Crippen LogP contribution in [0.1, 0.15) is 29.5 Å². The Labute approximate surface area is 216 Å². The first kappa shape index (κ1) is 24.5. The summed E-state index contributed by atoms with van der Waals surface area (Å²) >= 11 is 6.56. The van der Waals surface area contributed by atoms with Gasteiger partial charge in [0.25, 0.3) is 0 Å². The highest BCUT2D eigenvalue weighted by molar-refractivity contribution is 6.31. The van der Waals surface area contributed by atoms with E-state index in [0.29, 0.717) is 23.0 Å². The molecule has 0 radical (unpaired) electrons. The van der Waals surface area contributed by atoms with E-state index in [9.17, 15) is 4.79 Å². The largest absolute Gasteiger partial charge is 0.461 e. The number of fused-ring (bicyclic) bond motifs is 1. The molecular formula is C27H30ClN5O3. The van der Waals surface area contributed by atoms with E-state index in [2.05, 4.69) is 39.1 Å². The van der Waals surface area contributed by atoms with E-state index in [1.54, 1.807) is 12.0 Å². The molecule has 3 aromatic rings. The summed E-state index contributed by atoms with van der Waals surface area (Å²) in [4.78, 5) is 25.6. The Balaban J connectivity index is 1.36. The number of nitrogen functional groups attached to an aromatic ring is 1. The summed E-state index contributed by atoms with van der Waals surface area (Å²) in [6.45, 7) is 4.30. The molecule has 0 unspecified atom stereocenters. The molecule has 2 aromatic carbocycles. The quantitative estimate of drug-likeness (QED) is 0.436. The van der Waals surface area contributed by atoms with Crippen molar-refractivity contribution >= 4 is 29.1 Å². The van der Waals surface area contributed by atoms with Crippen LogP contribution in [-0.4, -0.2) is 54.2 Å². The van der Waals surface area contributed by atoms with Gasteiger partial charge >= 0.3 is 6.01 Å². The Morgan fingerprint density at radius 3 is 2.50 bits per heavy atom. The molecule has 0 atom stereocenters. The fourth-order valence-corrected chi connectivity index (χ4v) is 4.89. The van der Waals surface area contributed by atoms with Crippen LogP contribution in [0.5, 0.6) is 6.01 Å². The van der Waals surface area contributed by atoms with Crippen molar-refractivity contribution < 1.29 is 14.3 Å². The van der Waals surface area contributed by atoms with Gasteiger partial charge in [-0.3, -0.25) is 14.6 Å². The number of hydrogen-bond acceptors (Lipinski definition) is 7. The summed E-state index contributed by atoms with van der Waals surface area (Å²) in [5.74, 6) is 0.609. The van der Waals surface area contributed by atoms with Crippen LogP contribution in [0.15, 0.2) is 42.5 Å². The van der Waals surface area contributed by atoms with Gasteiger partial charge in [-0.25, -0.2) is 0 Å². The summed E-state index contributed by atoms with van der Waals surface area (Å²) in [6.07, 6.45) is 2.72. The van der Waals surface area contributed by atoms with Gasteiger partial charge in [0, 0.05) is 24.2 Å². The highest BCUT2D eigenvalue weighted by atomic mass is 35.5. The topological polar surface area (TPSA) is 93.8 Å². The van der Waals surface area contributed by atoms with Gasteiger partial charge in [-0.05, 0) is 60.3 Å². The van der Waals surface area contributed by atoms with Crippen LogP contribution in [0.25, 0.3) is 11.1 Å². The minimum Gasteiger partial charge on any atom is -0.461 e. The number of likely N-dealkylation sites (tertiary alicyclic amines) is 1. The lowest BCUT2D eigenvalue weighted by Crippen LogP contribution is -2.27. The number of ether oxygens (including phenoxy) is 2. The van der Waals surface area contributed by atoms with Crippen LogP contribution in [0.4, 0.5) is 11.6 Å². The fraction of sp³-hybridized carbons (Fsp3) is 0.370. The molecule has 0 bridgehead atoms. The smallest absolute Gasteiger partial charge is 0.320 e. The maximum atomic E-state index is 12.9. The van der Waals surface area contributed by atoms with Gasteiger partial charge in [-0.2, -0.15) is 9.97 Å². The van der Waals surface area contributed by atoms with Crippen molar-refractivity contribution in [2.24, 2.45) is 0 Å². The summed E-state index contributed by atoms with van der Waals surface area (Å²) in [6, 6.07) is 14.7. The minimum atomic E-state index is -0.104. The van der Waals surface area contributed by atoms with Gasteiger partial charge < -0.3 is 15.2 Å². The number of halogens is 1. The normalized spacial score (nSPS) is 15.5. The lowest BCUT2D eigenvalue weighted by Gasteiger charge is -2.19. The predicted octanol–water partition coefficient (Wildman–Crippen LogP) is 4.09. The van der Waals surface area contributed by atoms with Gasteiger partial charge in [0.05, 0.1) is 19.6 Å². The van der Waals surface area contributed by atoms with E-state index in [4.69, 9.17) is 26.8 Å². The van der Waals surface area contributed by atoms with Gasteiger partial charge in [-0.1, -0.05) is 41.9 Å². The average molecular weight is 508 g/mol. The monoisotopic (exact) mass is 507 g/mol. The molecule has 2 aliphatic heterocycles. The molecule has 1 saturated heterocycles. The average Bonchev–Trinajstić information content (AvgIpc) is 3.49. The number of amides is 1. The van der Waals surface area contributed by atoms with Crippen LogP contribution in [0.3, 0.4) is 0 Å². The van der Waals surface area contributed by atoms with Crippen LogP contribution in [0.2, 0.25) is 5.02 Å². The number of aromatic nitrogens is 2. The SMILES string of the molecule is COCCOc1nc(N)c2c(n1)N(Cc1cc(-c3ccc(CN4CCCC4)cc3)ccc1Cl)C(=O)C2. The van der Waals surface area contributed by atoms with Crippen molar-refractivity contribution in [3.05, 3.63) is 64.2 Å². The third-order valence-corrected chi connectivity index (χ3v) is 7.04. The lowest BCUT2D eigenvalue weighted by atomic mass is 10.0. The van der Waals surface area contributed by atoms with Gasteiger partial charge in [-0.15, -0.1) is 0 Å². The molecule has 188 valence electrons. The zero-order valence-electron chi connectivity index (χ0n) is 20.4. The van der Waals surface area contributed by atoms with Crippen molar-refractivity contribution in [3.63, 3.8) is 0 Å². The molecule has 8 nitrogen and oxygen atoms in total. The number of carbonyl (C=O) groups excluding carboxylic acids is 1. The van der Waals surface area contributed by atoms with Crippen LogP contribution < -0.4 is 15.4 Å². The molecule has 1 amide bonds. The van der Waals surface area contributed by atoms with E-state index in [-0.39, 0.29) is 37.3 Å². The van der Waals surface area contributed by atoms with Gasteiger partial charge in [0.1, 0.15) is 18.2 Å². The molecule has 5 rings (SSSR count). The molecule has 0 saturated carbocycles. The number of nitrogens with two attached hydrogens (primary N) is 1. The zero-order valence-corrected chi connectivity index (χ0v) is 21.1. The molecular weight excluding hydrogens is 478 g/mol. The van der Waals surface area contributed by atoms with E-state index >= 15 is 0 Å². The Morgan fingerprint density at radius 2 is 1.75 bits per heavy atom.